The largest absolute Gasteiger partial charge is 0.353 e. The van der Waals surface area contributed by atoms with Crippen molar-refractivity contribution in [2.45, 2.75) is 81.6 Å². The van der Waals surface area contributed by atoms with Gasteiger partial charge in [0.15, 0.2) is 5.16 Å². The van der Waals surface area contributed by atoms with Gasteiger partial charge in [-0.05, 0) is 37.8 Å². The minimum atomic E-state index is -0.195. The number of aryl methyl sites for hydroxylation is 1. The number of carbonyl (C=O) groups is 2. The van der Waals surface area contributed by atoms with Crippen LogP contribution in [0.1, 0.15) is 57.8 Å². The summed E-state index contributed by atoms with van der Waals surface area (Å²) in [5.41, 5.74) is 0.498. The van der Waals surface area contributed by atoms with Crippen LogP contribution in [-0.4, -0.2) is 48.8 Å². The number of nitrogens with one attached hydrogen (secondary N) is 2. The van der Waals surface area contributed by atoms with Crippen LogP contribution in [0, 0.1) is 0 Å². The summed E-state index contributed by atoms with van der Waals surface area (Å²) in [5.74, 6) is 0.544. The number of hydrogen-bond acceptors (Lipinski definition) is 6. The lowest BCUT2D eigenvalue weighted by molar-refractivity contribution is -0.122. The Kier molecular flexibility index (Phi) is 6.85. The van der Waals surface area contributed by atoms with E-state index in [-0.39, 0.29) is 48.2 Å². The van der Waals surface area contributed by atoms with Crippen LogP contribution in [-0.2, 0) is 16.1 Å². The topological polar surface area (TPSA) is 110 Å². The van der Waals surface area contributed by atoms with Crippen molar-refractivity contribution in [2.24, 2.45) is 0 Å². The molecule has 5 rings (SSSR count). The summed E-state index contributed by atoms with van der Waals surface area (Å²) in [7, 11) is 0. The smallest absolute Gasteiger partial charge is 0.262 e. The van der Waals surface area contributed by atoms with Crippen LogP contribution in [0.3, 0.4) is 0 Å². The number of fused-ring (bicyclic) bond motifs is 3. The molecule has 0 aliphatic heterocycles. The molecule has 0 spiro atoms. The second-order valence-electron chi connectivity index (χ2n) is 9.23. The molecule has 0 saturated heterocycles. The highest BCUT2D eigenvalue weighted by atomic mass is 32.2. The van der Waals surface area contributed by atoms with Crippen molar-refractivity contribution in [3.63, 3.8) is 0 Å². The molecule has 2 aliphatic rings. The molecule has 2 aliphatic carbocycles. The van der Waals surface area contributed by atoms with Crippen LogP contribution < -0.4 is 16.2 Å². The molecule has 0 bridgehead atoms. The summed E-state index contributed by atoms with van der Waals surface area (Å²) >= 11 is 1.31. The summed E-state index contributed by atoms with van der Waals surface area (Å²) in [6.07, 6.45) is 8.93. The third kappa shape index (κ3) is 4.82. The van der Waals surface area contributed by atoms with Crippen molar-refractivity contribution in [1.29, 1.82) is 0 Å². The Balaban J connectivity index is 1.38. The molecule has 0 atom stereocenters. The molecule has 2 saturated carbocycles. The van der Waals surface area contributed by atoms with Gasteiger partial charge in [-0.15, -0.1) is 10.2 Å². The molecular weight excluding hydrogens is 452 g/mol. The maximum absolute atomic E-state index is 13.2. The van der Waals surface area contributed by atoms with E-state index >= 15 is 0 Å². The first-order chi connectivity index (χ1) is 16.6. The number of benzene rings is 1. The van der Waals surface area contributed by atoms with E-state index in [0.717, 1.165) is 51.4 Å². The number of hydrogen-bond donors (Lipinski definition) is 2. The first kappa shape index (κ1) is 22.9. The number of para-hydroxylation sites is 1. The molecule has 3 aromatic rings. The Labute approximate surface area is 201 Å². The highest BCUT2D eigenvalue weighted by Crippen LogP contribution is 2.23. The molecule has 10 heteroatoms. The molecule has 180 valence electrons. The van der Waals surface area contributed by atoms with Crippen molar-refractivity contribution < 1.29 is 9.59 Å². The van der Waals surface area contributed by atoms with Crippen molar-refractivity contribution in [3.05, 3.63) is 34.6 Å². The molecule has 34 heavy (non-hydrogen) atoms. The van der Waals surface area contributed by atoms with Crippen LogP contribution in [0.15, 0.2) is 34.2 Å². The van der Waals surface area contributed by atoms with E-state index in [1.54, 1.807) is 6.07 Å². The quantitative estimate of drug-likeness (QED) is 0.478. The van der Waals surface area contributed by atoms with Crippen molar-refractivity contribution in [1.82, 2.24) is 29.8 Å². The predicted molar refractivity (Wildman–Crippen MR) is 131 cm³/mol. The van der Waals surface area contributed by atoms with Crippen LogP contribution in [0.2, 0.25) is 0 Å². The molecule has 0 unspecified atom stereocenters. The molecule has 0 radical (unpaired) electrons. The fourth-order valence-corrected chi connectivity index (χ4v) is 5.83. The zero-order valence-corrected chi connectivity index (χ0v) is 20.0. The average Bonchev–Trinajstić information content (AvgIpc) is 3.60. The Bertz CT molecular complexity index is 1260. The zero-order valence-electron chi connectivity index (χ0n) is 19.2. The number of amides is 2. The minimum absolute atomic E-state index is 0.0186. The minimum Gasteiger partial charge on any atom is -0.353 e. The van der Waals surface area contributed by atoms with Gasteiger partial charge in [-0.25, -0.2) is 0 Å². The van der Waals surface area contributed by atoms with Gasteiger partial charge in [0.2, 0.25) is 17.6 Å². The first-order valence-electron chi connectivity index (χ1n) is 12.2. The monoisotopic (exact) mass is 482 g/mol. The molecule has 1 aromatic carbocycles. The van der Waals surface area contributed by atoms with Gasteiger partial charge in [0.1, 0.15) is 0 Å². The van der Waals surface area contributed by atoms with E-state index in [9.17, 15) is 14.4 Å². The van der Waals surface area contributed by atoms with Gasteiger partial charge in [-0.3, -0.25) is 23.4 Å². The molecule has 2 amide bonds. The van der Waals surface area contributed by atoms with Crippen LogP contribution in [0.5, 0.6) is 0 Å². The third-order valence-electron chi connectivity index (χ3n) is 6.81. The predicted octanol–water partition coefficient (Wildman–Crippen LogP) is 2.64. The summed E-state index contributed by atoms with van der Waals surface area (Å²) < 4.78 is 3.34. The number of rotatable bonds is 8. The van der Waals surface area contributed by atoms with E-state index in [2.05, 4.69) is 20.8 Å². The van der Waals surface area contributed by atoms with Gasteiger partial charge >= 0.3 is 0 Å². The molecule has 9 nitrogen and oxygen atoms in total. The SMILES string of the molecule is O=C(CCn1c(=O)c2ccccc2n2c(SCC(=O)NC3CCCC3)nnc12)NC1CCCC1. The molecule has 2 aromatic heterocycles. The maximum Gasteiger partial charge on any atom is 0.262 e. The molecule has 2 heterocycles. The summed E-state index contributed by atoms with van der Waals surface area (Å²) in [5, 5.41) is 15.8. The lowest BCUT2D eigenvalue weighted by Crippen LogP contribution is -2.34. The van der Waals surface area contributed by atoms with Gasteiger partial charge in [0, 0.05) is 25.0 Å². The highest BCUT2D eigenvalue weighted by Gasteiger charge is 2.21. The Hall–Kier alpha value is -2.88. The fourth-order valence-electron chi connectivity index (χ4n) is 5.08. The number of carbonyl (C=O) groups excluding carboxylic acids is 2. The molecule has 2 N–H and O–H groups in total. The Morgan fingerprint density at radius 2 is 1.59 bits per heavy atom. The average molecular weight is 483 g/mol. The van der Waals surface area contributed by atoms with Crippen molar-refractivity contribution >= 4 is 40.3 Å². The van der Waals surface area contributed by atoms with Crippen LogP contribution >= 0.6 is 11.8 Å². The van der Waals surface area contributed by atoms with Crippen LogP contribution in [0.25, 0.3) is 16.7 Å². The number of aromatic nitrogens is 4. The number of nitrogens with zero attached hydrogens (tertiary/aromatic N) is 4. The Morgan fingerprint density at radius 1 is 0.941 bits per heavy atom. The fraction of sp³-hybridized carbons (Fsp3) is 0.542. The standard InChI is InChI=1S/C24H30N6O3S/c31-20(25-16-7-1-2-8-16)13-14-29-22(33)18-11-5-6-12-19(18)30-23(29)27-28-24(30)34-15-21(32)26-17-9-3-4-10-17/h5-6,11-12,16-17H,1-4,7-10,13-15H2,(H,25,31)(H,26,32). The third-order valence-corrected chi connectivity index (χ3v) is 7.74. The van der Waals surface area contributed by atoms with Crippen molar-refractivity contribution in [3.8, 4) is 0 Å². The van der Waals surface area contributed by atoms with Gasteiger partial charge in [0.25, 0.3) is 5.56 Å². The van der Waals surface area contributed by atoms with E-state index in [1.165, 1.54) is 16.3 Å². The number of thioether (sulfide) groups is 1. The lowest BCUT2D eigenvalue weighted by atomic mass is 10.2. The zero-order chi connectivity index (χ0) is 23.5. The second kappa shape index (κ2) is 10.2. The highest BCUT2D eigenvalue weighted by molar-refractivity contribution is 7.99. The van der Waals surface area contributed by atoms with Gasteiger partial charge in [-0.2, -0.15) is 0 Å². The Morgan fingerprint density at radius 3 is 2.29 bits per heavy atom. The molecular formula is C24H30N6O3S. The van der Waals surface area contributed by atoms with Gasteiger partial charge < -0.3 is 10.6 Å². The lowest BCUT2D eigenvalue weighted by Gasteiger charge is -2.14. The van der Waals surface area contributed by atoms with Gasteiger partial charge in [0.05, 0.1) is 16.7 Å². The maximum atomic E-state index is 13.2. The van der Waals surface area contributed by atoms with Gasteiger partial charge in [-0.1, -0.05) is 49.6 Å². The second-order valence-corrected chi connectivity index (χ2v) is 10.2. The van der Waals surface area contributed by atoms with E-state index < -0.39 is 0 Å². The first-order valence-corrected chi connectivity index (χ1v) is 13.2. The van der Waals surface area contributed by atoms with Crippen LogP contribution in [0.4, 0.5) is 0 Å². The van der Waals surface area contributed by atoms with E-state index in [0.29, 0.717) is 21.8 Å². The summed E-state index contributed by atoms with van der Waals surface area (Å²) in [6.45, 7) is 0.219. The van der Waals surface area contributed by atoms with Crippen molar-refractivity contribution in [2.75, 3.05) is 5.75 Å². The van der Waals surface area contributed by atoms with E-state index in [4.69, 9.17) is 0 Å². The molecule has 2 fully saturated rings. The normalized spacial score (nSPS) is 17.1. The van der Waals surface area contributed by atoms with E-state index in [1.807, 2.05) is 22.6 Å². The summed E-state index contributed by atoms with van der Waals surface area (Å²) in [4.78, 5) is 38.2. The summed E-state index contributed by atoms with van der Waals surface area (Å²) in [6, 6.07) is 7.82.